The molecule has 1 aliphatic heterocycles. The minimum Gasteiger partial charge on any atom is -0.361 e. The molecule has 0 bridgehead atoms. The van der Waals surface area contributed by atoms with E-state index in [1.165, 1.54) is 16.5 Å². The molecule has 2 N–H and O–H groups in total. The normalized spacial score (nSPS) is 15.5. The van der Waals surface area contributed by atoms with Crippen LogP contribution in [0, 0.1) is 0 Å². The molecule has 0 atom stereocenters. The number of aromatic nitrogens is 3. The molecule has 1 aromatic carbocycles. The van der Waals surface area contributed by atoms with Gasteiger partial charge >= 0.3 is 6.03 Å². The van der Waals surface area contributed by atoms with Gasteiger partial charge in [0, 0.05) is 43.3 Å². The number of hydrogen-bond acceptors (Lipinski definition) is 2. The van der Waals surface area contributed by atoms with Gasteiger partial charge in [0.25, 0.3) is 0 Å². The minimum atomic E-state index is -0.0342. The van der Waals surface area contributed by atoms with Crippen molar-refractivity contribution in [3.05, 3.63) is 47.8 Å². The zero-order valence-corrected chi connectivity index (χ0v) is 15.3. The lowest BCUT2D eigenvalue weighted by molar-refractivity contribution is 0.194. The first-order chi connectivity index (χ1) is 12.7. The number of piperidine rings is 1. The number of hydrogen-bond donors (Lipinski definition) is 2. The summed E-state index contributed by atoms with van der Waals surface area (Å²) in [6.07, 6.45) is 4.97. The maximum absolute atomic E-state index is 12.6. The predicted molar refractivity (Wildman–Crippen MR) is 103 cm³/mol. The number of nitrogens with zero attached hydrogens (tertiary/aromatic N) is 3. The van der Waals surface area contributed by atoms with Crippen LogP contribution in [0.1, 0.15) is 36.9 Å². The van der Waals surface area contributed by atoms with Gasteiger partial charge in [0.15, 0.2) is 0 Å². The Labute approximate surface area is 153 Å². The third-order valence-corrected chi connectivity index (χ3v) is 5.37. The van der Waals surface area contributed by atoms with Crippen LogP contribution in [-0.2, 0) is 13.5 Å². The van der Waals surface area contributed by atoms with Gasteiger partial charge in [-0.05, 0) is 36.8 Å². The summed E-state index contributed by atoms with van der Waals surface area (Å²) in [5, 5.41) is 8.68. The van der Waals surface area contributed by atoms with Gasteiger partial charge in [-0.2, -0.15) is 5.10 Å². The van der Waals surface area contributed by atoms with E-state index < -0.39 is 0 Å². The number of rotatable bonds is 3. The van der Waals surface area contributed by atoms with E-state index in [1.54, 1.807) is 4.68 Å². The molecule has 3 aromatic rings. The first-order valence-electron chi connectivity index (χ1n) is 9.30. The van der Waals surface area contributed by atoms with E-state index >= 15 is 0 Å². The number of fused-ring (bicyclic) bond motifs is 1. The number of nitrogens with one attached hydrogen (secondary N) is 2. The highest BCUT2D eigenvalue weighted by atomic mass is 16.2. The first-order valence-corrected chi connectivity index (χ1v) is 9.30. The Kier molecular flexibility index (Phi) is 4.41. The molecule has 1 aliphatic rings. The van der Waals surface area contributed by atoms with Crippen molar-refractivity contribution in [1.29, 1.82) is 0 Å². The van der Waals surface area contributed by atoms with Crippen LogP contribution in [0.15, 0.2) is 36.5 Å². The second-order valence-electron chi connectivity index (χ2n) is 6.98. The summed E-state index contributed by atoms with van der Waals surface area (Å²) in [5.74, 6) is 1.25. The van der Waals surface area contributed by atoms with Crippen molar-refractivity contribution in [3.8, 4) is 0 Å². The molecule has 0 spiro atoms. The van der Waals surface area contributed by atoms with E-state index in [9.17, 15) is 4.79 Å². The molecule has 136 valence electrons. The van der Waals surface area contributed by atoms with E-state index in [2.05, 4.69) is 52.8 Å². The van der Waals surface area contributed by atoms with E-state index in [0.717, 1.165) is 43.9 Å². The third kappa shape index (κ3) is 3.07. The molecule has 1 fully saturated rings. The lowest BCUT2D eigenvalue weighted by atomic mass is 9.89. The van der Waals surface area contributed by atoms with Gasteiger partial charge in [-0.3, -0.25) is 10.00 Å². The van der Waals surface area contributed by atoms with Gasteiger partial charge in [0.2, 0.25) is 0 Å². The van der Waals surface area contributed by atoms with Crippen LogP contribution in [0.4, 0.5) is 10.6 Å². The number of carbonyl (C=O) groups is 1. The van der Waals surface area contributed by atoms with Crippen molar-refractivity contribution in [1.82, 2.24) is 19.7 Å². The summed E-state index contributed by atoms with van der Waals surface area (Å²) in [6.45, 7) is 3.60. The Morgan fingerprint density at radius 2 is 2.08 bits per heavy atom. The average Bonchev–Trinajstić information content (AvgIpc) is 3.25. The molecule has 0 aliphatic carbocycles. The highest BCUT2D eigenvalue weighted by Crippen LogP contribution is 2.33. The van der Waals surface area contributed by atoms with Crippen LogP contribution in [0.2, 0.25) is 0 Å². The number of urea groups is 1. The Hall–Kier alpha value is -2.76. The predicted octanol–water partition coefficient (Wildman–Crippen LogP) is 3.88. The van der Waals surface area contributed by atoms with Crippen molar-refractivity contribution < 1.29 is 4.79 Å². The summed E-state index contributed by atoms with van der Waals surface area (Å²) in [6, 6.07) is 10.3. The lowest BCUT2D eigenvalue weighted by Gasteiger charge is -2.32. The third-order valence-electron chi connectivity index (χ3n) is 5.37. The molecule has 0 unspecified atom stereocenters. The molecule has 1 saturated heterocycles. The fraction of sp³-hybridized carbons (Fsp3) is 0.400. The highest BCUT2D eigenvalue weighted by molar-refractivity contribution is 5.88. The van der Waals surface area contributed by atoms with Gasteiger partial charge < -0.3 is 9.88 Å². The van der Waals surface area contributed by atoms with Gasteiger partial charge in [-0.25, -0.2) is 4.79 Å². The number of H-pyrrole nitrogens is 1. The molecule has 0 saturated carbocycles. The number of amides is 2. The quantitative estimate of drug-likeness (QED) is 0.752. The largest absolute Gasteiger partial charge is 0.361 e. The smallest absolute Gasteiger partial charge is 0.322 e. The standard InChI is InChI=1S/C20H25N5O/c1-3-15-12-19(24(2)23-15)22-20(26)25-10-8-14(9-11-25)17-13-21-18-7-5-4-6-16(17)18/h4-7,12-14,21H,3,8-11H2,1-2H3,(H,22,26). The number of carbonyl (C=O) groups excluding carboxylic acids is 1. The topological polar surface area (TPSA) is 66.0 Å². The van der Waals surface area contributed by atoms with Crippen molar-refractivity contribution in [3.63, 3.8) is 0 Å². The molecular weight excluding hydrogens is 326 g/mol. The molecule has 2 aromatic heterocycles. The zero-order chi connectivity index (χ0) is 18.1. The van der Waals surface area contributed by atoms with Crippen molar-refractivity contribution >= 4 is 22.8 Å². The monoisotopic (exact) mass is 351 g/mol. The Morgan fingerprint density at radius 3 is 2.81 bits per heavy atom. The summed E-state index contributed by atoms with van der Waals surface area (Å²) in [7, 11) is 1.86. The number of likely N-dealkylation sites (tertiary alicyclic amines) is 1. The van der Waals surface area contributed by atoms with E-state index in [4.69, 9.17) is 0 Å². The van der Waals surface area contributed by atoms with Gasteiger partial charge in [0.1, 0.15) is 5.82 Å². The van der Waals surface area contributed by atoms with Crippen LogP contribution < -0.4 is 5.32 Å². The molecule has 26 heavy (non-hydrogen) atoms. The van der Waals surface area contributed by atoms with Crippen LogP contribution in [0.25, 0.3) is 10.9 Å². The van der Waals surface area contributed by atoms with Crippen molar-refractivity contribution in [2.24, 2.45) is 7.05 Å². The Balaban J connectivity index is 1.40. The second kappa shape index (κ2) is 6.86. The van der Waals surface area contributed by atoms with Crippen LogP contribution >= 0.6 is 0 Å². The highest BCUT2D eigenvalue weighted by Gasteiger charge is 2.25. The maximum Gasteiger partial charge on any atom is 0.322 e. The average molecular weight is 351 g/mol. The number of benzene rings is 1. The maximum atomic E-state index is 12.6. The Bertz CT molecular complexity index is 917. The summed E-state index contributed by atoms with van der Waals surface area (Å²) in [4.78, 5) is 17.9. The van der Waals surface area contributed by atoms with Crippen LogP contribution in [-0.4, -0.2) is 38.8 Å². The summed E-state index contributed by atoms with van der Waals surface area (Å²) < 4.78 is 1.73. The zero-order valence-electron chi connectivity index (χ0n) is 15.3. The number of aryl methyl sites for hydroxylation is 2. The molecular formula is C20H25N5O. The van der Waals surface area contributed by atoms with Gasteiger partial charge in [-0.15, -0.1) is 0 Å². The summed E-state index contributed by atoms with van der Waals surface area (Å²) in [5.41, 5.74) is 3.55. The molecule has 3 heterocycles. The number of para-hydroxylation sites is 1. The molecule has 0 radical (unpaired) electrons. The molecule has 2 amide bonds. The Morgan fingerprint density at radius 1 is 1.31 bits per heavy atom. The van der Waals surface area contributed by atoms with E-state index in [1.807, 2.05) is 18.0 Å². The number of anilines is 1. The van der Waals surface area contributed by atoms with Gasteiger partial charge in [-0.1, -0.05) is 25.1 Å². The van der Waals surface area contributed by atoms with Gasteiger partial charge in [0.05, 0.1) is 5.69 Å². The van der Waals surface area contributed by atoms with E-state index in [0.29, 0.717) is 5.92 Å². The van der Waals surface area contributed by atoms with Crippen LogP contribution in [0.3, 0.4) is 0 Å². The SMILES string of the molecule is CCc1cc(NC(=O)N2CCC(c3c[nH]c4ccccc34)CC2)n(C)n1. The second-order valence-corrected chi connectivity index (χ2v) is 6.98. The molecule has 6 nitrogen and oxygen atoms in total. The first kappa shape index (κ1) is 16.7. The van der Waals surface area contributed by atoms with Crippen molar-refractivity contribution in [2.75, 3.05) is 18.4 Å². The molecule has 4 rings (SSSR count). The van der Waals surface area contributed by atoms with Crippen LogP contribution in [0.5, 0.6) is 0 Å². The summed E-state index contributed by atoms with van der Waals surface area (Å²) >= 11 is 0. The fourth-order valence-electron chi connectivity index (χ4n) is 3.83. The van der Waals surface area contributed by atoms with Crippen molar-refractivity contribution in [2.45, 2.75) is 32.1 Å². The number of aromatic amines is 1. The minimum absolute atomic E-state index is 0.0342. The van der Waals surface area contributed by atoms with E-state index in [-0.39, 0.29) is 6.03 Å². The lowest BCUT2D eigenvalue weighted by Crippen LogP contribution is -2.40. The molecule has 6 heteroatoms. The fourth-order valence-corrected chi connectivity index (χ4v) is 3.83.